The third kappa shape index (κ3) is 4.52. The Morgan fingerprint density at radius 3 is 2.43 bits per heavy atom. The molecule has 1 aliphatic carbocycles. The lowest BCUT2D eigenvalue weighted by molar-refractivity contribution is -0.130. The molecule has 5 nitrogen and oxygen atoms in total. The molecule has 1 amide bonds. The van der Waals surface area contributed by atoms with Gasteiger partial charge in [-0.2, -0.15) is 0 Å². The van der Waals surface area contributed by atoms with Gasteiger partial charge in [-0.25, -0.2) is 0 Å². The molecular formula is C17H24ClNO4. The highest BCUT2D eigenvalue weighted by molar-refractivity contribution is 6.27. The van der Waals surface area contributed by atoms with Gasteiger partial charge in [0.25, 0.3) is 0 Å². The zero-order valence-corrected chi connectivity index (χ0v) is 14.7. The predicted octanol–water partition coefficient (Wildman–Crippen LogP) is 2.70. The second-order valence-corrected chi connectivity index (χ2v) is 6.27. The zero-order chi connectivity index (χ0) is 16.9. The van der Waals surface area contributed by atoms with Crippen molar-refractivity contribution in [2.24, 2.45) is 5.41 Å². The standard InChI is InChI=1S/C17H24ClNO4/c1-21-12-17(6-7-17)11-19(16(20)9-18)10-13-4-5-14(22-2)15(8-13)23-3/h4-5,8H,6-7,9-12H2,1-3H3. The van der Waals surface area contributed by atoms with E-state index < -0.39 is 0 Å². The van der Waals surface area contributed by atoms with Gasteiger partial charge in [-0.05, 0) is 30.5 Å². The molecule has 6 heteroatoms. The average molecular weight is 342 g/mol. The van der Waals surface area contributed by atoms with E-state index in [4.69, 9.17) is 25.8 Å². The van der Waals surface area contributed by atoms with Gasteiger partial charge in [0, 0.05) is 25.6 Å². The Hall–Kier alpha value is -1.46. The van der Waals surface area contributed by atoms with E-state index in [1.165, 1.54) is 0 Å². The number of carbonyl (C=O) groups excluding carboxylic acids is 1. The van der Waals surface area contributed by atoms with Gasteiger partial charge in [0.05, 0.1) is 20.8 Å². The Labute approximate surface area is 142 Å². The molecule has 0 heterocycles. The Kier molecular flexibility index (Phi) is 6.13. The van der Waals surface area contributed by atoms with Gasteiger partial charge in [-0.1, -0.05) is 6.07 Å². The second kappa shape index (κ2) is 7.88. The molecule has 0 atom stereocenters. The van der Waals surface area contributed by atoms with Crippen molar-refractivity contribution in [1.82, 2.24) is 4.90 Å². The number of halogens is 1. The van der Waals surface area contributed by atoms with Crippen molar-refractivity contribution in [3.63, 3.8) is 0 Å². The van der Waals surface area contributed by atoms with E-state index in [1.54, 1.807) is 26.2 Å². The fraction of sp³-hybridized carbons (Fsp3) is 0.588. The third-order valence-electron chi connectivity index (χ3n) is 4.22. The number of ether oxygens (including phenoxy) is 3. The van der Waals surface area contributed by atoms with Crippen LogP contribution in [-0.2, 0) is 16.1 Å². The summed E-state index contributed by atoms with van der Waals surface area (Å²) in [4.78, 5) is 14.0. The topological polar surface area (TPSA) is 48.0 Å². The molecule has 0 bridgehead atoms. The molecule has 0 saturated heterocycles. The van der Waals surface area contributed by atoms with Crippen LogP contribution in [0.25, 0.3) is 0 Å². The van der Waals surface area contributed by atoms with Crippen molar-refractivity contribution in [2.45, 2.75) is 19.4 Å². The molecule has 0 aromatic heterocycles. The quantitative estimate of drug-likeness (QED) is 0.648. The summed E-state index contributed by atoms with van der Waals surface area (Å²) in [5.74, 6) is 1.24. The lowest BCUT2D eigenvalue weighted by Crippen LogP contribution is -2.37. The highest BCUT2D eigenvalue weighted by Crippen LogP contribution is 2.46. The number of hydrogen-bond donors (Lipinski definition) is 0. The summed E-state index contributed by atoms with van der Waals surface area (Å²) in [6.45, 7) is 1.84. The summed E-state index contributed by atoms with van der Waals surface area (Å²) in [6.07, 6.45) is 2.16. The summed E-state index contributed by atoms with van der Waals surface area (Å²) in [5, 5.41) is 0. The van der Waals surface area contributed by atoms with Crippen LogP contribution in [0.5, 0.6) is 11.5 Å². The van der Waals surface area contributed by atoms with Crippen LogP contribution in [0.2, 0.25) is 0 Å². The summed E-state index contributed by atoms with van der Waals surface area (Å²) in [6, 6.07) is 5.68. The first-order valence-electron chi connectivity index (χ1n) is 7.61. The van der Waals surface area contributed by atoms with E-state index in [0.29, 0.717) is 31.2 Å². The van der Waals surface area contributed by atoms with E-state index in [2.05, 4.69) is 0 Å². The largest absolute Gasteiger partial charge is 0.493 e. The summed E-state index contributed by atoms with van der Waals surface area (Å²) in [5.41, 5.74) is 1.07. The van der Waals surface area contributed by atoms with E-state index in [-0.39, 0.29) is 17.2 Å². The Morgan fingerprint density at radius 1 is 1.22 bits per heavy atom. The van der Waals surface area contributed by atoms with Gasteiger partial charge < -0.3 is 19.1 Å². The molecule has 1 saturated carbocycles. The van der Waals surface area contributed by atoms with Gasteiger partial charge in [-0.15, -0.1) is 11.6 Å². The normalized spacial score (nSPS) is 15.1. The van der Waals surface area contributed by atoms with Crippen molar-refractivity contribution >= 4 is 17.5 Å². The van der Waals surface area contributed by atoms with Crippen LogP contribution in [0.3, 0.4) is 0 Å². The second-order valence-electron chi connectivity index (χ2n) is 6.01. The van der Waals surface area contributed by atoms with Crippen LogP contribution in [0.4, 0.5) is 0 Å². The minimum atomic E-state index is -0.0659. The summed E-state index contributed by atoms with van der Waals surface area (Å²) in [7, 11) is 4.89. The van der Waals surface area contributed by atoms with Crippen LogP contribution >= 0.6 is 11.6 Å². The van der Waals surface area contributed by atoms with E-state index >= 15 is 0 Å². The molecule has 23 heavy (non-hydrogen) atoms. The third-order valence-corrected chi connectivity index (χ3v) is 4.45. The number of methoxy groups -OCH3 is 3. The zero-order valence-electron chi connectivity index (χ0n) is 13.9. The van der Waals surface area contributed by atoms with Gasteiger partial charge in [0.2, 0.25) is 5.91 Å². The van der Waals surface area contributed by atoms with Crippen LogP contribution in [-0.4, -0.2) is 51.2 Å². The average Bonchev–Trinajstić information content (AvgIpc) is 3.33. The van der Waals surface area contributed by atoms with Crippen molar-refractivity contribution in [1.29, 1.82) is 0 Å². The smallest absolute Gasteiger partial charge is 0.237 e. The maximum absolute atomic E-state index is 12.2. The van der Waals surface area contributed by atoms with E-state index in [1.807, 2.05) is 18.2 Å². The van der Waals surface area contributed by atoms with Crippen molar-refractivity contribution in [2.75, 3.05) is 40.4 Å². The maximum Gasteiger partial charge on any atom is 0.237 e. The Bertz CT molecular complexity index is 545. The number of alkyl halides is 1. The highest BCUT2D eigenvalue weighted by atomic mass is 35.5. The molecular weight excluding hydrogens is 318 g/mol. The molecule has 0 aliphatic heterocycles. The summed E-state index contributed by atoms with van der Waals surface area (Å²) >= 11 is 5.78. The first-order chi connectivity index (χ1) is 11.1. The lowest BCUT2D eigenvalue weighted by Gasteiger charge is -2.27. The first-order valence-corrected chi connectivity index (χ1v) is 8.14. The molecule has 0 spiro atoms. The molecule has 0 N–H and O–H groups in total. The predicted molar refractivity (Wildman–Crippen MR) is 89.2 cm³/mol. The van der Waals surface area contributed by atoms with Crippen molar-refractivity contribution in [3.8, 4) is 11.5 Å². The number of rotatable bonds is 9. The molecule has 2 rings (SSSR count). The number of carbonyl (C=O) groups is 1. The van der Waals surface area contributed by atoms with Gasteiger partial charge >= 0.3 is 0 Å². The first kappa shape index (κ1) is 17.9. The SMILES string of the molecule is COCC1(CN(Cc2ccc(OC)c(OC)c2)C(=O)CCl)CC1. The minimum Gasteiger partial charge on any atom is -0.493 e. The number of benzene rings is 1. The highest BCUT2D eigenvalue weighted by Gasteiger charge is 2.44. The van der Waals surface area contributed by atoms with E-state index in [9.17, 15) is 4.79 Å². The molecule has 1 aromatic rings. The Morgan fingerprint density at radius 2 is 1.91 bits per heavy atom. The monoisotopic (exact) mass is 341 g/mol. The molecule has 0 radical (unpaired) electrons. The molecule has 1 fully saturated rings. The van der Waals surface area contributed by atoms with Gasteiger partial charge in [-0.3, -0.25) is 4.79 Å². The number of nitrogens with zero attached hydrogens (tertiary/aromatic N) is 1. The van der Waals surface area contributed by atoms with Crippen LogP contribution in [0.15, 0.2) is 18.2 Å². The van der Waals surface area contributed by atoms with Crippen molar-refractivity contribution < 1.29 is 19.0 Å². The van der Waals surface area contributed by atoms with Crippen LogP contribution in [0, 0.1) is 5.41 Å². The maximum atomic E-state index is 12.2. The molecule has 0 unspecified atom stereocenters. The minimum absolute atomic E-state index is 0.0175. The fourth-order valence-electron chi connectivity index (χ4n) is 2.75. The Balaban J connectivity index is 2.13. The lowest BCUT2D eigenvalue weighted by atomic mass is 10.1. The summed E-state index contributed by atoms with van der Waals surface area (Å²) < 4.78 is 15.9. The number of amides is 1. The van der Waals surface area contributed by atoms with Crippen molar-refractivity contribution in [3.05, 3.63) is 23.8 Å². The number of hydrogen-bond acceptors (Lipinski definition) is 4. The molecule has 1 aliphatic rings. The molecule has 128 valence electrons. The van der Waals surface area contributed by atoms with Gasteiger partial charge in [0.15, 0.2) is 11.5 Å². The van der Waals surface area contributed by atoms with Gasteiger partial charge in [0.1, 0.15) is 5.88 Å². The van der Waals surface area contributed by atoms with E-state index in [0.717, 1.165) is 18.4 Å². The van der Waals surface area contributed by atoms with Crippen LogP contribution < -0.4 is 9.47 Å². The molecule has 1 aromatic carbocycles. The fourth-order valence-corrected chi connectivity index (χ4v) is 2.92. The van der Waals surface area contributed by atoms with Crippen LogP contribution in [0.1, 0.15) is 18.4 Å².